The van der Waals surface area contributed by atoms with Gasteiger partial charge in [0.05, 0.1) is 18.8 Å². The second kappa shape index (κ2) is 9.85. The van der Waals surface area contributed by atoms with Crippen LogP contribution < -0.4 is 10.6 Å². The van der Waals surface area contributed by atoms with Crippen molar-refractivity contribution in [3.8, 4) is 0 Å². The molecule has 1 aliphatic heterocycles. The van der Waals surface area contributed by atoms with Crippen LogP contribution in [-0.4, -0.2) is 72.7 Å². The minimum atomic E-state index is -1.07. The third-order valence-corrected chi connectivity index (χ3v) is 5.14. The molecule has 1 heterocycles. The Morgan fingerprint density at radius 1 is 1.37 bits per heavy atom. The zero-order valence-electron chi connectivity index (χ0n) is 16.1. The summed E-state index contributed by atoms with van der Waals surface area (Å²) in [6, 6.07) is -1.18. The number of hydrogen-bond donors (Lipinski definition) is 3. The number of aliphatic hydroxyl groups is 1. The van der Waals surface area contributed by atoms with Crippen LogP contribution in [0.1, 0.15) is 39.0 Å². The highest BCUT2D eigenvalue weighted by Gasteiger charge is 2.62. The molecule has 0 radical (unpaired) electrons. The van der Waals surface area contributed by atoms with E-state index in [0.29, 0.717) is 12.7 Å². The topological polar surface area (TPSA) is 108 Å². The van der Waals surface area contributed by atoms with Gasteiger partial charge in [-0.2, -0.15) is 0 Å². The average molecular weight is 381 g/mol. The average Bonchev–Trinajstić information content (AvgIpc) is 3.20. The van der Waals surface area contributed by atoms with Gasteiger partial charge < -0.3 is 30.2 Å². The maximum atomic E-state index is 12.6. The molecule has 2 amide bonds. The molecule has 3 N–H and O–H groups in total. The number of allylic oxidation sites excluding steroid dienone is 1. The summed E-state index contributed by atoms with van der Waals surface area (Å²) >= 11 is 0. The third kappa shape index (κ3) is 5.29. The first kappa shape index (κ1) is 21.4. The first-order chi connectivity index (χ1) is 13.0. The highest BCUT2D eigenvalue weighted by atomic mass is 16.5. The van der Waals surface area contributed by atoms with E-state index in [1.807, 2.05) is 19.2 Å². The molecule has 2 fully saturated rings. The van der Waals surface area contributed by atoms with Crippen LogP contribution >= 0.6 is 0 Å². The van der Waals surface area contributed by atoms with Crippen molar-refractivity contribution < 1.29 is 24.2 Å². The van der Waals surface area contributed by atoms with Crippen LogP contribution in [0.15, 0.2) is 12.2 Å². The largest absolute Gasteiger partial charge is 0.464 e. The molecule has 0 bridgehead atoms. The number of carbonyl (C=O) groups excluding carboxylic acids is 3. The van der Waals surface area contributed by atoms with Crippen molar-refractivity contribution in [2.75, 3.05) is 26.7 Å². The summed E-state index contributed by atoms with van der Waals surface area (Å²) in [6.07, 6.45) is 7.68. The van der Waals surface area contributed by atoms with Crippen molar-refractivity contribution in [3.05, 3.63) is 12.2 Å². The van der Waals surface area contributed by atoms with Gasteiger partial charge in [-0.25, -0.2) is 9.59 Å². The summed E-state index contributed by atoms with van der Waals surface area (Å²) in [6.45, 7) is 3.01. The number of rotatable bonds is 10. The Morgan fingerprint density at radius 3 is 2.81 bits per heavy atom. The van der Waals surface area contributed by atoms with Crippen molar-refractivity contribution >= 4 is 18.3 Å². The second-order valence-electron chi connectivity index (χ2n) is 7.21. The van der Waals surface area contributed by atoms with Crippen LogP contribution in [0.3, 0.4) is 0 Å². The smallest absolute Gasteiger partial charge is 0.332 e. The fourth-order valence-corrected chi connectivity index (χ4v) is 3.50. The van der Waals surface area contributed by atoms with E-state index in [-0.39, 0.29) is 25.5 Å². The predicted molar refractivity (Wildman–Crippen MR) is 100 cm³/mol. The van der Waals surface area contributed by atoms with Crippen LogP contribution in [0.25, 0.3) is 0 Å². The molecule has 152 valence electrons. The number of hydrogen-bond acceptors (Lipinski definition) is 6. The third-order valence-electron chi connectivity index (χ3n) is 5.14. The molecule has 1 saturated heterocycles. The van der Waals surface area contributed by atoms with Gasteiger partial charge in [0, 0.05) is 18.9 Å². The lowest BCUT2D eigenvalue weighted by Crippen LogP contribution is -2.53. The highest BCUT2D eigenvalue weighted by Crippen LogP contribution is 2.46. The van der Waals surface area contributed by atoms with Crippen LogP contribution in [0.2, 0.25) is 0 Å². The Labute approximate surface area is 160 Å². The maximum Gasteiger partial charge on any atom is 0.332 e. The summed E-state index contributed by atoms with van der Waals surface area (Å²) in [5.74, 6) is -0.572. The summed E-state index contributed by atoms with van der Waals surface area (Å²) in [4.78, 5) is 37.5. The van der Waals surface area contributed by atoms with Gasteiger partial charge in [0.1, 0.15) is 11.8 Å². The Kier molecular flexibility index (Phi) is 7.79. The minimum absolute atomic E-state index is 0.0834. The Morgan fingerprint density at radius 2 is 2.15 bits per heavy atom. The molecule has 2 rings (SSSR count). The van der Waals surface area contributed by atoms with Crippen molar-refractivity contribution in [1.82, 2.24) is 15.5 Å². The van der Waals surface area contributed by atoms with E-state index in [0.717, 1.165) is 25.8 Å². The fourth-order valence-electron chi connectivity index (χ4n) is 3.50. The second-order valence-corrected chi connectivity index (χ2v) is 7.21. The lowest BCUT2D eigenvalue weighted by molar-refractivity contribution is -0.147. The number of nitrogens with one attached hydrogen (secondary N) is 2. The molecule has 2 aliphatic rings. The van der Waals surface area contributed by atoms with Crippen LogP contribution in [0.5, 0.6) is 0 Å². The van der Waals surface area contributed by atoms with E-state index in [4.69, 9.17) is 4.74 Å². The molecule has 8 nitrogen and oxygen atoms in total. The lowest BCUT2D eigenvalue weighted by Gasteiger charge is -2.25. The van der Waals surface area contributed by atoms with E-state index in [2.05, 4.69) is 10.6 Å². The van der Waals surface area contributed by atoms with Crippen LogP contribution in [0.4, 0.5) is 4.79 Å². The molecule has 8 heteroatoms. The normalized spacial score (nSPS) is 29.7. The zero-order valence-corrected chi connectivity index (χ0v) is 16.1. The fraction of sp³-hybridized carbons (Fsp3) is 0.737. The number of amides is 2. The highest BCUT2D eigenvalue weighted by molar-refractivity contribution is 5.92. The number of urea groups is 1. The number of esters is 1. The number of β-amino-alcohol motifs (C(OH)–C–C–N with tert-alkyl or cyclic N) is 1. The van der Waals surface area contributed by atoms with Crippen molar-refractivity contribution in [1.29, 1.82) is 0 Å². The minimum Gasteiger partial charge on any atom is -0.464 e. The molecular formula is C19H31N3O5. The van der Waals surface area contributed by atoms with Crippen LogP contribution in [-0.2, 0) is 14.3 Å². The molecule has 1 aliphatic carbocycles. The summed E-state index contributed by atoms with van der Waals surface area (Å²) in [5.41, 5.74) is -1.07. The Hall–Kier alpha value is -1.93. The Bertz CT molecular complexity index is 568. The quantitative estimate of drug-likeness (QED) is 0.221. The number of aliphatic hydroxyl groups excluding tert-OH is 1. The molecule has 4 atom stereocenters. The number of aldehydes is 1. The molecule has 0 spiro atoms. The van der Waals surface area contributed by atoms with Crippen LogP contribution in [0, 0.1) is 5.92 Å². The number of ether oxygens (including phenoxy) is 1. The van der Waals surface area contributed by atoms with E-state index in [1.54, 1.807) is 6.92 Å². The maximum absolute atomic E-state index is 12.6. The zero-order chi connectivity index (χ0) is 19.9. The monoisotopic (exact) mass is 381 g/mol. The Balaban J connectivity index is 1.97. The SMILES string of the molecule is CCOC(=O)[C@@]1(NC(=O)N2C[C@H](O)C[C@H]2C=O)C[C@H]1/C=C\CCCCNC. The van der Waals surface area contributed by atoms with Gasteiger partial charge in [0.25, 0.3) is 0 Å². The summed E-state index contributed by atoms with van der Waals surface area (Å²) in [5, 5.41) is 15.6. The predicted octanol–water partition coefficient (Wildman–Crippen LogP) is 0.598. The molecule has 27 heavy (non-hydrogen) atoms. The van der Waals surface area contributed by atoms with Gasteiger partial charge >= 0.3 is 12.0 Å². The molecular weight excluding hydrogens is 350 g/mol. The van der Waals surface area contributed by atoms with Gasteiger partial charge in [0.15, 0.2) is 0 Å². The number of likely N-dealkylation sites (tertiary alicyclic amines) is 1. The molecule has 0 aromatic heterocycles. The lowest BCUT2D eigenvalue weighted by atomic mass is 10.1. The van der Waals surface area contributed by atoms with Crippen molar-refractivity contribution in [2.24, 2.45) is 5.92 Å². The van der Waals surface area contributed by atoms with E-state index >= 15 is 0 Å². The number of unbranched alkanes of at least 4 members (excludes halogenated alkanes) is 2. The molecule has 1 saturated carbocycles. The first-order valence-corrected chi connectivity index (χ1v) is 9.69. The van der Waals surface area contributed by atoms with E-state index in [9.17, 15) is 19.5 Å². The van der Waals surface area contributed by atoms with Gasteiger partial charge in [-0.1, -0.05) is 12.2 Å². The van der Waals surface area contributed by atoms with E-state index < -0.39 is 29.7 Å². The molecule has 0 aromatic rings. The van der Waals surface area contributed by atoms with Gasteiger partial charge in [0.2, 0.25) is 0 Å². The molecule has 0 unspecified atom stereocenters. The van der Waals surface area contributed by atoms with E-state index in [1.165, 1.54) is 4.90 Å². The summed E-state index contributed by atoms with van der Waals surface area (Å²) < 4.78 is 5.16. The number of nitrogens with zero attached hydrogens (tertiary/aromatic N) is 1. The van der Waals surface area contributed by atoms with Gasteiger partial charge in [-0.15, -0.1) is 0 Å². The standard InChI is InChI=1S/C19H31N3O5/c1-3-27-17(25)19(11-14(19)8-6-4-5-7-9-20-2)21-18(26)22-12-16(24)10-15(22)13-23/h6,8,13-16,20,24H,3-5,7,9-12H2,1-2H3,(H,21,26)/b8-6-/t14-,15+,16-,19-/m1/s1. The number of carbonyl (C=O) groups is 3. The first-order valence-electron chi connectivity index (χ1n) is 9.69. The molecule has 0 aromatic carbocycles. The van der Waals surface area contributed by atoms with Gasteiger partial charge in [-0.3, -0.25) is 0 Å². The summed E-state index contributed by atoms with van der Waals surface area (Å²) in [7, 11) is 1.92. The van der Waals surface area contributed by atoms with Crippen molar-refractivity contribution in [3.63, 3.8) is 0 Å². The van der Waals surface area contributed by atoms with Gasteiger partial charge in [-0.05, 0) is 46.2 Å². The van der Waals surface area contributed by atoms with Crippen molar-refractivity contribution in [2.45, 2.75) is 56.7 Å².